The molecule has 0 radical (unpaired) electrons. The summed E-state index contributed by atoms with van der Waals surface area (Å²) < 4.78 is 8.85. The second kappa shape index (κ2) is 4.90. The molecule has 2 aromatic rings. The standard InChI is InChI=1S/C13H16BrN3O/c1-15-10-5-6-11-9(13(10)14)8-16-17(11)12-4-2-3-7-18-12/h5-6,8,12,15H,2-4,7H2,1H3. The van der Waals surface area contributed by atoms with Gasteiger partial charge in [0.05, 0.1) is 16.2 Å². The lowest BCUT2D eigenvalue weighted by Crippen LogP contribution is -2.18. The summed E-state index contributed by atoms with van der Waals surface area (Å²) in [4.78, 5) is 0. The predicted molar refractivity (Wildman–Crippen MR) is 75.8 cm³/mol. The van der Waals surface area contributed by atoms with Crippen LogP contribution in [0, 0.1) is 0 Å². The lowest BCUT2D eigenvalue weighted by Gasteiger charge is -2.23. The van der Waals surface area contributed by atoms with E-state index in [-0.39, 0.29) is 6.23 Å². The molecule has 1 aromatic heterocycles. The third kappa shape index (κ3) is 1.91. The Kier molecular flexibility index (Phi) is 3.26. The quantitative estimate of drug-likeness (QED) is 0.922. The Morgan fingerprint density at radius 1 is 1.44 bits per heavy atom. The van der Waals surface area contributed by atoms with Gasteiger partial charge in [-0.05, 0) is 47.3 Å². The van der Waals surface area contributed by atoms with Gasteiger partial charge in [0.15, 0.2) is 6.23 Å². The number of rotatable bonds is 2. The predicted octanol–water partition coefficient (Wildman–Crippen LogP) is 3.54. The van der Waals surface area contributed by atoms with Crippen LogP contribution in [0.2, 0.25) is 0 Å². The number of fused-ring (bicyclic) bond motifs is 1. The van der Waals surface area contributed by atoms with Crippen molar-refractivity contribution >= 4 is 32.5 Å². The first-order valence-electron chi connectivity index (χ1n) is 6.26. The monoisotopic (exact) mass is 309 g/mol. The van der Waals surface area contributed by atoms with Gasteiger partial charge in [-0.2, -0.15) is 5.10 Å². The van der Waals surface area contributed by atoms with Crippen molar-refractivity contribution in [2.75, 3.05) is 19.0 Å². The molecule has 0 saturated carbocycles. The molecule has 1 saturated heterocycles. The van der Waals surface area contributed by atoms with Crippen molar-refractivity contribution in [2.24, 2.45) is 0 Å². The minimum Gasteiger partial charge on any atom is -0.387 e. The van der Waals surface area contributed by atoms with Gasteiger partial charge >= 0.3 is 0 Å². The van der Waals surface area contributed by atoms with Crippen LogP contribution in [0.4, 0.5) is 5.69 Å². The minimum absolute atomic E-state index is 0.0867. The maximum Gasteiger partial charge on any atom is 0.150 e. The van der Waals surface area contributed by atoms with E-state index in [1.165, 1.54) is 6.42 Å². The summed E-state index contributed by atoms with van der Waals surface area (Å²) in [5.41, 5.74) is 2.19. The van der Waals surface area contributed by atoms with Crippen LogP contribution in [-0.4, -0.2) is 23.4 Å². The number of hydrogen-bond acceptors (Lipinski definition) is 3. The maximum atomic E-state index is 5.80. The zero-order valence-electron chi connectivity index (χ0n) is 10.3. The summed E-state index contributed by atoms with van der Waals surface area (Å²) in [6.07, 6.45) is 5.40. The van der Waals surface area contributed by atoms with Gasteiger partial charge in [0, 0.05) is 24.7 Å². The maximum absolute atomic E-state index is 5.80. The van der Waals surface area contributed by atoms with Crippen LogP contribution < -0.4 is 5.32 Å². The first kappa shape index (κ1) is 12.0. The largest absolute Gasteiger partial charge is 0.387 e. The third-order valence-corrected chi connectivity index (χ3v) is 4.27. The Balaban J connectivity index is 2.06. The molecule has 0 spiro atoms. The first-order chi connectivity index (χ1) is 8.81. The molecular formula is C13H16BrN3O. The molecule has 3 rings (SSSR count). The third-order valence-electron chi connectivity index (χ3n) is 3.41. The van der Waals surface area contributed by atoms with Gasteiger partial charge < -0.3 is 10.1 Å². The highest BCUT2D eigenvalue weighted by atomic mass is 79.9. The van der Waals surface area contributed by atoms with Crippen molar-refractivity contribution in [3.05, 3.63) is 22.8 Å². The summed E-state index contributed by atoms with van der Waals surface area (Å²) in [5, 5.41) is 8.77. The number of nitrogens with zero attached hydrogens (tertiary/aromatic N) is 2. The molecule has 1 aromatic carbocycles. The van der Waals surface area contributed by atoms with Crippen molar-refractivity contribution in [2.45, 2.75) is 25.5 Å². The highest BCUT2D eigenvalue weighted by Gasteiger charge is 2.19. The molecule has 0 aliphatic carbocycles. The van der Waals surface area contributed by atoms with E-state index in [2.05, 4.69) is 38.5 Å². The molecular weight excluding hydrogens is 294 g/mol. The zero-order chi connectivity index (χ0) is 12.5. The summed E-state index contributed by atoms with van der Waals surface area (Å²) in [7, 11) is 1.92. The van der Waals surface area contributed by atoms with Crippen LogP contribution in [0.1, 0.15) is 25.5 Å². The minimum atomic E-state index is 0.0867. The lowest BCUT2D eigenvalue weighted by atomic mass is 10.2. The molecule has 1 unspecified atom stereocenters. The van der Waals surface area contributed by atoms with Crippen molar-refractivity contribution in [3.63, 3.8) is 0 Å². The Morgan fingerprint density at radius 3 is 3.06 bits per heavy atom. The summed E-state index contributed by atoms with van der Waals surface area (Å²) >= 11 is 3.62. The number of ether oxygens (including phenoxy) is 1. The first-order valence-corrected chi connectivity index (χ1v) is 7.05. The van der Waals surface area contributed by atoms with Crippen LogP contribution in [0.15, 0.2) is 22.8 Å². The van der Waals surface area contributed by atoms with E-state index in [9.17, 15) is 0 Å². The van der Waals surface area contributed by atoms with Crippen LogP contribution in [0.25, 0.3) is 10.9 Å². The molecule has 4 nitrogen and oxygen atoms in total. The van der Waals surface area contributed by atoms with Crippen molar-refractivity contribution in [1.29, 1.82) is 0 Å². The van der Waals surface area contributed by atoms with Gasteiger partial charge in [-0.15, -0.1) is 0 Å². The molecule has 1 aliphatic rings. The fourth-order valence-electron chi connectivity index (χ4n) is 2.43. The fourth-order valence-corrected chi connectivity index (χ4v) is 3.06. The number of hydrogen-bond donors (Lipinski definition) is 1. The summed E-state index contributed by atoms with van der Waals surface area (Å²) in [5.74, 6) is 0. The smallest absolute Gasteiger partial charge is 0.150 e. The second-order valence-electron chi connectivity index (χ2n) is 4.52. The van der Waals surface area contributed by atoms with Gasteiger partial charge in [-0.25, -0.2) is 4.68 Å². The molecule has 1 aliphatic heterocycles. The van der Waals surface area contributed by atoms with Crippen LogP contribution in [0.3, 0.4) is 0 Å². The van der Waals surface area contributed by atoms with Crippen LogP contribution >= 0.6 is 15.9 Å². The number of anilines is 1. The summed E-state index contributed by atoms with van der Waals surface area (Å²) in [6.45, 7) is 0.835. The highest BCUT2D eigenvalue weighted by Crippen LogP contribution is 2.33. The topological polar surface area (TPSA) is 39.1 Å². The van der Waals surface area contributed by atoms with E-state index >= 15 is 0 Å². The summed E-state index contributed by atoms with van der Waals surface area (Å²) in [6, 6.07) is 4.16. The lowest BCUT2D eigenvalue weighted by molar-refractivity contribution is -0.0366. The Morgan fingerprint density at radius 2 is 2.33 bits per heavy atom. The molecule has 0 bridgehead atoms. The van der Waals surface area contributed by atoms with Crippen LogP contribution in [0.5, 0.6) is 0 Å². The van der Waals surface area contributed by atoms with Crippen LogP contribution in [-0.2, 0) is 4.74 Å². The highest BCUT2D eigenvalue weighted by molar-refractivity contribution is 9.10. The van der Waals surface area contributed by atoms with Gasteiger partial charge in [0.25, 0.3) is 0 Å². The number of aromatic nitrogens is 2. The average molecular weight is 310 g/mol. The SMILES string of the molecule is CNc1ccc2c(cnn2C2CCCCO2)c1Br. The van der Waals surface area contributed by atoms with Gasteiger partial charge in [-0.3, -0.25) is 0 Å². The molecule has 2 heterocycles. The average Bonchev–Trinajstić information content (AvgIpc) is 2.85. The van der Waals surface area contributed by atoms with E-state index in [1.807, 2.05) is 17.9 Å². The van der Waals surface area contributed by atoms with Gasteiger partial charge in [0.1, 0.15) is 0 Å². The molecule has 0 amide bonds. The van der Waals surface area contributed by atoms with Gasteiger partial charge in [0.2, 0.25) is 0 Å². The molecule has 5 heteroatoms. The Hall–Kier alpha value is -1.07. The second-order valence-corrected chi connectivity index (χ2v) is 5.31. The Labute approximate surface area is 114 Å². The number of benzene rings is 1. The fraction of sp³-hybridized carbons (Fsp3) is 0.462. The van der Waals surface area contributed by atoms with Crippen molar-refractivity contribution in [3.8, 4) is 0 Å². The molecule has 96 valence electrons. The number of nitrogens with one attached hydrogen (secondary N) is 1. The molecule has 1 atom stereocenters. The van der Waals surface area contributed by atoms with Crippen molar-refractivity contribution in [1.82, 2.24) is 9.78 Å². The molecule has 18 heavy (non-hydrogen) atoms. The zero-order valence-corrected chi connectivity index (χ0v) is 11.9. The van der Waals surface area contributed by atoms with Crippen molar-refractivity contribution < 1.29 is 4.74 Å². The van der Waals surface area contributed by atoms with E-state index in [1.54, 1.807) is 0 Å². The van der Waals surface area contributed by atoms with E-state index in [4.69, 9.17) is 4.74 Å². The van der Waals surface area contributed by atoms with E-state index < -0.39 is 0 Å². The normalized spacial score (nSPS) is 20.2. The van der Waals surface area contributed by atoms with Gasteiger partial charge in [-0.1, -0.05) is 0 Å². The Bertz CT molecular complexity index is 561. The molecule has 1 N–H and O–H groups in total. The molecule has 1 fully saturated rings. The number of halogens is 1. The van der Waals surface area contributed by atoms with E-state index in [0.717, 1.165) is 40.5 Å². The van der Waals surface area contributed by atoms with E-state index in [0.29, 0.717) is 0 Å².